The van der Waals surface area contributed by atoms with Gasteiger partial charge in [0.15, 0.2) is 5.96 Å². The van der Waals surface area contributed by atoms with Crippen molar-refractivity contribution in [2.75, 3.05) is 33.2 Å². The van der Waals surface area contributed by atoms with Crippen molar-refractivity contribution < 1.29 is 0 Å². The Morgan fingerprint density at radius 1 is 1.28 bits per heavy atom. The van der Waals surface area contributed by atoms with E-state index in [4.69, 9.17) is 4.99 Å². The highest BCUT2D eigenvalue weighted by molar-refractivity contribution is 14.0. The van der Waals surface area contributed by atoms with Crippen molar-refractivity contribution in [3.05, 3.63) is 35.9 Å². The highest BCUT2D eigenvalue weighted by atomic mass is 127. The Bertz CT molecular complexity index is 506. The maximum absolute atomic E-state index is 4.86. The van der Waals surface area contributed by atoms with Crippen molar-refractivity contribution in [2.45, 2.75) is 45.6 Å². The van der Waals surface area contributed by atoms with Crippen molar-refractivity contribution in [3.8, 4) is 0 Å². The summed E-state index contributed by atoms with van der Waals surface area (Å²) < 4.78 is 0. The minimum atomic E-state index is 0. The van der Waals surface area contributed by atoms with E-state index in [0.29, 0.717) is 17.9 Å². The quantitative estimate of drug-likeness (QED) is 0.388. The van der Waals surface area contributed by atoms with Crippen molar-refractivity contribution in [2.24, 2.45) is 10.9 Å². The van der Waals surface area contributed by atoms with Gasteiger partial charge in [-0.2, -0.15) is 0 Å². The maximum atomic E-state index is 4.86. The first-order valence-electron chi connectivity index (χ1n) is 9.38. The van der Waals surface area contributed by atoms with Crippen LogP contribution in [0.5, 0.6) is 0 Å². The largest absolute Gasteiger partial charge is 0.357 e. The average Bonchev–Trinajstić information content (AvgIpc) is 2.60. The van der Waals surface area contributed by atoms with Crippen LogP contribution in [-0.4, -0.2) is 50.1 Å². The summed E-state index contributed by atoms with van der Waals surface area (Å²) in [7, 11) is 2.21. The molecule has 0 aromatic heterocycles. The predicted molar refractivity (Wildman–Crippen MR) is 119 cm³/mol. The molecule has 0 bridgehead atoms. The first-order valence-corrected chi connectivity index (χ1v) is 9.38. The van der Waals surface area contributed by atoms with E-state index in [-0.39, 0.29) is 24.0 Å². The van der Waals surface area contributed by atoms with Crippen molar-refractivity contribution in [3.63, 3.8) is 0 Å². The van der Waals surface area contributed by atoms with E-state index < -0.39 is 0 Å². The van der Waals surface area contributed by atoms with Crippen molar-refractivity contribution in [1.29, 1.82) is 0 Å². The fourth-order valence-corrected chi connectivity index (χ4v) is 3.35. The SMILES string of the molecule is CCNC(=NCC1CCCN(C)C1)NC(C)C(C)c1ccccc1.I. The average molecular weight is 458 g/mol. The summed E-state index contributed by atoms with van der Waals surface area (Å²) in [5, 5.41) is 6.99. The predicted octanol–water partition coefficient (Wildman–Crippen LogP) is 3.69. The van der Waals surface area contributed by atoms with Gasteiger partial charge in [0.05, 0.1) is 0 Å². The number of halogens is 1. The highest BCUT2D eigenvalue weighted by Crippen LogP contribution is 2.19. The van der Waals surface area contributed by atoms with E-state index in [1.165, 1.54) is 31.5 Å². The number of hydrogen-bond acceptors (Lipinski definition) is 2. The molecule has 142 valence electrons. The van der Waals surface area contributed by atoms with Crippen LogP contribution in [0.3, 0.4) is 0 Å². The molecule has 1 saturated heterocycles. The van der Waals surface area contributed by atoms with Crippen LogP contribution in [0, 0.1) is 5.92 Å². The zero-order valence-corrected chi connectivity index (χ0v) is 18.5. The molecule has 0 saturated carbocycles. The molecule has 0 radical (unpaired) electrons. The van der Waals surface area contributed by atoms with Gasteiger partial charge in [0, 0.05) is 31.6 Å². The van der Waals surface area contributed by atoms with Crippen LogP contribution < -0.4 is 10.6 Å². The van der Waals surface area contributed by atoms with E-state index in [1.807, 2.05) is 0 Å². The molecule has 5 heteroatoms. The lowest BCUT2D eigenvalue weighted by molar-refractivity contribution is 0.214. The molecule has 0 aliphatic carbocycles. The second-order valence-electron chi connectivity index (χ2n) is 7.12. The fraction of sp³-hybridized carbons (Fsp3) is 0.650. The second kappa shape index (κ2) is 11.7. The molecule has 4 nitrogen and oxygen atoms in total. The van der Waals surface area contributed by atoms with Crippen molar-refractivity contribution in [1.82, 2.24) is 15.5 Å². The highest BCUT2D eigenvalue weighted by Gasteiger charge is 2.18. The molecule has 3 unspecified atom stereocenters. The van der Waals surface area contributed by atoms with E-state index in [0.717, 1.165) is 19.0 Å². The van der Waals surface area contributed by atoms with Crippen LogP contribution in [0.15, 0.2) is 35.3 Å². The molecule has 0 amide bonds. The molecule has 1 aromatic rings. The van der Waals surface area contributed by atoms with Gasteiger partial charge in [0.2, 0.25) is 0 Å². The van der Waals surface area contributed by atoms with E-state index in [2.05, 4.69) is 73.7 Å². The van der Waals surface area contributed by atoms with Crippen LogP contribution in [-0.2, 0) is 0 Å². The summed E-state index contributed by atoms with van der Waals surface area (Å²) in [6.07, 6.45) is 2.59. The molecular weight excluding hydrogens is 423 g/mol. The number of aliphatic imine (C=N–C) groups is 1. The normalized spacial score (nSPS) is 21.1. The van der Waals surface area contributed by atoms with E-state index in [9.17, 15) is 0 Å². The third-order valence-corrected chi connectivity index (χ3v) is 5.01. The number of benzene rings is 1. The van der Waals surface area contributed by atoms with Crippen LogP contribution in [0.1, 0.15) is 45.1 Å². The van der Waals surface area contributed by atoms with Gasteiger partial charge in [-0.1, -0.05) is 37.3 Å². The molecule has 0 spiro atoms. The molecule has 2 rings (SSSR count). The fourth-order valence-electron chi connectivity index (χ4n) is 3.35. The molecule has 1 fully saturated rings. The molecular formula is C20H35IN4. The third kappa shape index (κ3) is 7.52. The Morgan fingerprint density at radius 2 is 2.00 bits per heavy atom. The first kappa shape index (κ1) is 22.2. The maximum Gasteiger partial charge on any atom is 0.191 e. The van der Waals surface area contributed by atoms with Gasteiger partial charge in [0.1, 0.15) is 0 Å². The number of rotatable bonds is 6. The zero-order valence-electron chi connectivity index (χ0n) is 16.2. The molecule has 1 aliphatic heterocycles. The number of piperidine rings is 1. The molecule has 3 atom stereocenters. The van der Waals surface area contributed by atoms with Crippen LogP contribution in [0.4, 0.5) is 0 Å². The zero-order chi connectivity index (χ0) is 17.4. The number of nitrogens with zero attached hydrogens (tertiary/aromatic N) is 2. The standard InChI is InChI=1S/C20H34N4.HI/c1-5-21-20(22-14-18-10-9-13-24(4)15-18)23-17(3)16(2)19-11-7-6-8-12-19;/h6-8,11-12,16-18H,5,9-10,13-15H2,1-4H3,(H2,21,22,23);1H. The van der Waals surface area contributed by atoms with Gasteiger partial charge in [-0.05, 0) is 51.8 Å². The van der Waals surface area contributed by atoms with Gasteiger partial charge >= 0.3 is 0 Å². The summed E-state index contributed by atoms with van der Waals surface area (Å²) in [6, 6.07) is 11.0. The summed E-state index contributed by atoms with van der Waals surface area (Å²) in [5.74, 6) is 2.07. The van der Waals surface area contributed by atoms with Gasteiger partial charge < -0.3 is 15.5 Å². The Hall–Kier alpha value is -0.820. The Morgan fingerprint density at radius 3 is 2.64 bits per heavy atom. The third-order valence-electron chi connectivity index (χ3n) is 5.01. The molecule has 1 aromatic carbocycles. The first-order chi connectivity index (χ1) is 11.6. The molecule has 2 N–H and O–H groups in total. The van der Waals surface area contributed by atoms with E-state index in [1.54, 1.807) is 0 Å². The Labute approximate surface area is 170 Å². The molecule has 1 heterocycles. The summed E-state index contributed by atoms with van der Waals surface area (Å²) in [4.78, 5) is 7.28. The van der Waals surface area contributed by atoms with Gasteiger partial charge in [-0.25, -0.2) is 0 Å². The number of guanidine groups is 1. The summed E-state index contributed by atoms with van der Waals surface area (Å²) in [6.45, 7) is 10.8. The number of likely N-dealkylation sites (tertiary alicyclic amines) is 1. The lowest BCUT2D eigenvalue weighted by Crippen LogP contribution is -2.44. The lowest BCUT2D eigenvalue weighted by atomic mass is 9.94. The van der Waals surface area contributed by atoms with Gasteiger partial charge in [-0.15, -0.1) is 24.0 Å². The molecule has 25 heavy (non-hydrogen) atoms. The monoisotopic (exact) mass is 458 g/mol. The minimum Gasteiger partial charge on any atom is -0.357 e. The number of hydrogen-bond donors (Lipinski definition) is 2. The smallest absolute Gasteiger partial charge is 0.191 e. The van der Waals surface area contributed by atoms with E-state index >= 15 is 0 Å². The number of nitrogens with one attached hydrogen (secondary N) is 2. The summed E-state index contributed by atoms with van der Waals surface area (Å²) >= 11 is 0. The van der Waals surface area contributed by atoms with Crippen molar-refractivity contribution >= 4 is 29.9 Å². The van der Waals surface area contributed by atoms with Gasteiger partial charge in [0.25, 0.3) is 0 Å². The Balaban J connectivity index is 0.00000312. The second-order valence-corrected chi connectivity index (χ2v) is 7.12. The minimum absolute atomic E-state index is 0. The lowest BCUT2D eigenvalue weighted by Gasteiger charge is -2.29. The summed E-state index contributed by atoms with van der Waals surface area (Å²) in [5.41, 5.74) is 1.36. The van der Waals surface area contributed by atoms with Crippen LogP contribution in [0.25, 0.3) is 0 Å². The van der Waals surface area contributed by atoms with Gasteiger partial charge in [-0.3, -0.25) is 4.99 Å². The topological polar surface area (TPSA) is 39.7 Å². The van der Waals surface area contributed by atoms with Crippen LogP contribution >= 0.6 is 24.0 Å². The van der Waals surface area contributed by atoms with Crippen LogP contribution in [0.2, 0.25) is 0 Å². The Kier molecular flexibility index (Phi) is 10.4. The molecule has 1 aliphatic rings.